The molecule has 1 aromatic heterocycles. The molecule has 0 amide bonds. The van der Waals surface area contributed by atoms with Gasteiger partial charge in [-0.3, -0.25) is 4.68 Å². The second-order valence-electron chi connectivity index (χ2n) is 4.08. The van der Waals surface area contributed by atoms with Crippen molar-refractivity contribution in [2.45, 2.75) is 18.4 Å². The van der Waals surface area contributed by atoms with E-state index in [0.29, 0.717) is 5.54 Å². The molecule has 2 bridgehead atoms. The molecule has 0 radical (unpaired) electrons. The van der Waals surface area contributed by atoms with E-state index in [1.54, 1.807) is 0 Å². The Morgan fingerprint density at radius 1 is 1.67 bits per heavy atom. The summed E-state index contributed by atoms with van der Waals surface area (Å²) < 4.78 is 1.99. The van der Waals surface area contributed by atoms with Gasteiger partial charge in [-0.1, -0.05) is 0 Å². The van der Waals surface area contributed by atoms with Crippen molar-refractivity contribution < 1.29 is 0 Å². The first-order chi connectivity index (χ1) is 5.80. The van der Waals surface area contributed by atoms with E-state index in [2.05, 4.69) is 16.5 Å². The van der Waals surface area contributed by atoms with Crippen LogP contribution in [0.1, 0.15) is 18.5 Å². The second-order valence-corrected chi connectivity index (χ2v) is 4.08. The molecular weight excluding hydrogens is 150 g/mol. The first-order valence-corrected chi connectivity index (χ1v) is 4.54. The fraction of sp³-hybridized carbons (Fsp3) is 0.667. The fourth-order valence-electron chi connectivity index (χ4n) is 2.70. The predicted molar refractivity (Wildman–Crippen MR) is 45.6 cm³/mol. The molecule has 1 aromatic rings. The molecule has 12 heavy (non-hydrogen) atoms. The molecule has 3 nitrogen and oxygen atoms in total. The SMILES string of the molecule is Cn1nccc1C12CC(CN1)C2. The van der Waals surface area contributed by atoms with E-state index < -0.39 is 0 Å². The summed E-state index contributed by atoms with van der Waals surface area (Å²) in [6, 6.07) is 2.13. The Hall–Kier alpha value is -0.830. The Bertz CT molecular complexity index is 304. The van der Waals surface area contributed by atoms with Gasteiger partial charge in [0.25, 0.3) is 0 Å². The molecule has 1 N–H and O–H groups in total. The molecule has 3 heteroatoms. The normalized spacial score (nSPS) is 38.2. The van der Waals surface area contributed by atoms with Crippen molar-refractivity contribution in [1.29, 1.82) is 0 Å². The van der Waals surface area contributed by atoms with Gasteiger partial charge in [-0.15, -0.1) is 0 Å². The monoisotopic (exact) mass is 163 g/mol. The van der Waals surface area contributed by atoms with Crippen LogP contribution in [0, 0.1) is 5.92 Å². The minimum absolute atomic E-state index is 0.302. The van der Waals surface area contributed by atoms with E-state index in [1.165, 1.54) is 25.1 Å². The summed E-state index contributed by atoms with van der Waals surface area (Å²) in [6.45, 7) is 1.20. The third-order valence-electron chi connectivity index (χ3n) is 3.31. The van der Waals surface area contributed by atoms with E-state index in [-0.39, 0.29) is 0 Å². The molecule has 3 aliphatic rings. The zero-order chi connectivity index (χ0) is 8.18. The zero-order valence-corrected chi connectivity index (χ0v) is 7.25. The average Bonchev–Trinajstić information content (AvgIpc) is 2.56. The Kier molecular flexibility index (Phi) is 1.06. The smallest absolute Gasteiger partial charge is 0.0611 e. The fourth-order valence-corrected chi connectivity index (χ4v) is 2.70. The molecule has 3 fully saturated rings. The number of aryl methyl sites for hydroxylation is 1. The van der Waals surface area contributed by atoms with E-state index in [4.69, 9.17) is 0 Å². The van der Waals surface area contributed by atoms with Crippen molar-refractivity contribution in [3.63, 3.8) is 0 Å². The highest BCUT2D eigenvalue weighted by molar-refractivity contribution is 5.24. The van der Waals surface area contributed by atoms with Crippen LogP contribution in [0.2, 0.25) is 0 Å². The summed E-state index contributed by atoms with van der Waals surface area (Å²) >= 11 is 0. The summed E-state index contributed by atoms with van der Waals surface area (Å²) in [6.07, 6.45) is 4.51. The van der Waals surface area contributed by atoms with Crippen LogP contribution in [0.4, 0.5) is 0 Å². The lowest BCUT2D eigenvalue weighted by Gasteiger charge is -2.37. The number of hydrogen-bond acceptors (Lipinski definition) is 2. The van der Waals surface area contributed by atoms with Crippen LogP contribution in [0.3, 0.4) is 0 Å². The van der Waals surface area contributed by atoms with Gasteiger partial charge in [0.1, 0.15) is 0 Å². The van der Waals surface area contributed by atoms with Crippen LogP contribution in [-0.4, -0.2) is 16.3 Å². The molecule has 0 aromatic carbocycles. The number of nitrogens with zero attached hydrogens (tertiary/aromatic N) is 2. The molecule has 0 spiro atoms. The quantitative estimate of drug-likeness (QED) is 0.658. The van der Waals surface area contributed by atoms with Gasteiger partial charge in [0.05, 0.1) is 11.2 Å². The molecule has 0 unspecified atom stereocenters. The molecule has 64 valence electrons. The zero-order valence-electron chi connectivity index (χ0n) is 7.25. The van der Waals surface area contributed by atoms with Gasteiger partial charge in [-0.25, -0.2) is 0 Å². The highest BCUT2D eigenvalue weighted by Crippen LogP contribution is 2.50. The summed E-state index contributed by atoms with van der Waals surface area (Å²) in [4.78, 5) is 0. The maximum Gasteiger partial charge on any atom is 0.0611 e. The van der Waals surface area contributed by atoms with Gasteiger partial charge in [0.2, 0.25) is 0 Å². The van der Waals surface area contributed by atoms with Crippen LogP contribution in [0.25, 0.3) is 0 Å². The molecule has 3 heterocycles. The summed E-state index contributed by atoms with van der Waals surface area (Å²) in [5, 5.41) is 7.80. The first-order valence-electron chi connectivity index (χ1n) is 4.54. The van der Waals surface area contributed by atoms with Crippen molar-refractivity contribution in [1.82, 2.24) is 15.1 Å². The topological polar surface area (TPSA) is 29.9 Å². The van der Waals surface area contributed by atoms with Gasteiger partial charge < -0.3 is 5.32 Å². The summed E-state index contributed by atoms with van der Waals surface area (Å²) in [5.41, 5.74) is 1.66. The molecule has 1 aliphatic carbocycles. The first kappa shape index (κ1) is 6.66. The van der Waals surface area contributed by atoms with Gasteiger partial charge in [0, 0.05) is 13.2 Å². The van der Waals surface area contributed by atoms with Gasteiger partial charge in [0.15, 0.2) is 0 Å². The van der Waals surface area contributed by atoms with Crippen molar-refractivity contribution in [3.8, 4) is 0 Å². The molecular formula is C9H13N3. The minimum atomic E-state index is 0.302. The maximum atomic E-state index is 4.21. The lowest BCUT2D eigenvalue weighted by Crippen LogP contribution is -2.41. The summed E-state index contributed by atoms with van der Waals surface area (Å²) in [5.74, 6) is 0.930. The van der Waals surface area contributed by atoms with Crippen LogP contribution in [0.5, 0.6) is 0 Å². The number of hydrogen-bond donors (Lipinski definition) is 1. The number of rotatable bonds is 1. The van der Waals surface area contributed by atoms with Crippen LogP contribution in [0.15, 0.2) is 12.3 Å². The average molecular weight is 163 g/mol. The molecule has 2 saturated heterocycles. The predicted octanol–water partition coefficient (Wildman–Crippen LogP) is 0.629. The van der Waals surface area contributed by atoms with Gasteiger partial charge in [-0.2, -0.15) is 5.10 Å². The van der Waals surface area contributed by atoms with Crippen LogP contribution < -0.4 is 5.32 Å². The maximum absolute atomic E-state index is 4.21. The number of fused-ring (bicyclic) bond motifs is 1. The standard InChI is InChI=1S/C9H13N3/c1-12-8(2-3-11-12)9-4-7(5-9)6-10-9/h2-3,7,10H,4-6H2,1H3. The number of nitrogens with one attached hydrogen (secondary N) is 1. The lowest BCUT2D eigenvalue weighted by molar-refractivity contribution is 0.215. The van der Waals surface area contributed by atoms with E-state index in [1.807, 2.05) is 17.9 Å². The Balaban J connectivity index is 2.04. The molecule has 0 atom stereocenters. The summed E-state index contributed by atoms with van der Waals surface area (Å²) in [7, 11) is 2.03. The van der Waals surface area contributed by atoms with Crippen molar-refractivity contribution >= 4 is 0 Å². The largest absolute Gasteiger partial charge is 0.306 e. The lowest BCUT2D eigenvalue weighted by atomic mass is 9.72. The van der Waals surface area contributed by atoms with Crippen molar-refractivity contribution in [2.75, 3.05) is 6.54 Å². The van der Waals surface area contributed by atoms with Crippen molar-refractivity contribution in [2.24, 2.45) is 13.0 Å². The highest BCUT2D eigenvalue weighted by Gasteiger charge is 2.52. The highest BCUT2D eigenvalue weighted by atomic mass is 15.3. The Morgan fingerprint density at radius 2 is 2.50 bits per heavy atom. The molecule has 4 rings (SSSR count). The Labute approximate surface area is 71.8 Å². The Morgan fingerprint density at radius 3 is 3.00 bits per heavy atom. The van der Waals surface area contributed by atoms with Gasteiger partial charge >= 0.3 is 0 Å². The van der Waals surface area contributed by atoms with Crippen molar-refractivity contribution in [3.05, 3.63) is 18.0 Å². The third kappa shape index (κ3) is 0.630. The molecule has 1 saturated carbocycles. The van der Waals surface area contributed by atoms with Gasteiger partial charge in [-0.05, 0) is 31.4 Å². The van der Waals surface area contributed by atoms with Crippen LogP contribution >= 0.6 is 0 Å². The van der Waals surface area contributed by atoms with E-state index in [9.17, 15) is 0 Å². The minimum Gasteiger partial charge on any atom is -0.306 e. The molecule has 2 aliphatic heterocycles. The second kappa shape index (κ2) is 1.91. The number of aromatic nitrogens is 2. The van der Waals surface area contributed by atoms with E-state index in [0.717, 1.165) is 5.92 Å². The third-order valence-corrected chi connectivity index (χ3v) is 3.31. The van der Waals surface area contributed by atoms with E-state index >= 15 is 0 Å². The van der Waals surface area contributed by atoms with Crippen LogP contribution in [-0.2, 0) is 12.6 Å².